The molecular formula is C66H78N6O20S2-2. The molecule has 0 spiro atoms. The molecular weight excluding hydrogens is 1260 g/mol. The lowest BCUT2D eigenvalue weighted by Crippen LogP contribution is -2.69. The Labute approximate surface area is 550 Å². The second kappa shape index (κ2) is 35.6. The Bertz CT molecular complexity index is 3110. The summed E-state index contributed by atoms with van der Waals surface area (Å²) in [5, 5.41) is 107. The van der Waals surface area contributed by atoms with Crippen LogP contribution in [-0.2, 0) is 38.1 Å². The minimum atomic E-state index is -2.60. The summed E-state index contributed by atoms with van der Waals surface area (Å²) in [5.74, 6) is -10.5. The molecule has 0 saturated carbocycles. The Morgan fingerprint density at radius 2 is 0.787 bits per heavy atom. The van der Waals surface area contributed by atoms with Crippen molar-refractivity contribution in [1.29, 1.82) is 0 Å². The molecule has 12 N–H and O–H groups in total. The monoisotopic (exact) mass is 1340 g/mol. The molecule has 0 bridgehead atoms. The summed E-state index contributed by atoms with van der Waals surface area (Å²) in [4.78, 5) is 101. The van der Waals surface area contributed by atoms with Gasteiger partial charge in [-0.05, 0) is 95.1 Å². The number of aliphatic carboxylic acids is 2. The summed E-state index contributed by atoms with van der Waals surface area (Å²) in [5.41, 5.74) is 4.70. The molecule has 0 radical (unpaired) electrons. The molecule has 2 heterocycles. The lowest BCUT2D eigenvalue weighted by molar-refractivity contribution is -0.382. The zero-order valence-corrected chi connectivity index (χ0v) is 53.2. The molecule has 5 aromatic carbocycles. The summed E-state index contributed by atoms with van der Waals surface area (Å²) in [7, 11) is 0. The van der Waals surface area contributed by atoms with Crippen molar-refractivity contribution in [1.82, 2.24) is 31.9 Å². The molecule has 28 heteroatoms. The van der Waals surface area contributed by atoms with E-state index in [2.05, 4.69) is 31.9 Å². The maximum atomic E-state index is 13.0. The van der Waals surface area contributed by atoms with Gasteiger partial charge in [0, 0.05) is 86.6 Å². The quantitative estimate of drug-likeness (QED) is 0.0226. The first-order valence-electron chi connectivity index (χ1n) is 30.4. The van der Waals surface area contributed by atoms with Gasteiger partial charge in [0.1, 0.15) is 36.4 Å². The van der Waals surface area contributed by atoms with E-state index in [1.54, 1.807) is 48.5 Å². The van der Waals surface area contributed by atoms with Crippen molar-refractivity contribution >= 4 is 70.9 Å². The Kier molecular flexibility index (Phi) is 27.9. The maximum absolute atomic E-state index is 13.0. The molecule has 0 aliphatic carbocycles. The number of ether oxygens (including phenoxy) is 4. The molecule has 12 atom stereocenters. The Hall–Kier alpha value is -7.84. The average Bonchev–Trinajstić information content (AvgIpc) is 0.791. The molecule has 5 aromatic rings. The second-order valence-electron chi connectivity index (χ2n) is 22.4. The highest BCUT2D eigenvalue weighted by atomic mass is 32.2. The first kappa shape index (κ1) is 73.6. The maximum Gasteiger partial charge on any atom is 0.251 e. The molecule has 506 valence electrons. The zero-order valence-electron chi connectivity index (χ0n) is 51.6. The van der Waals surface area contributed by atoms with E-state index in [4.69, 9.17) is 18.9 Å². The molecule has 2 fully saturated rings. The lowest BCUT2D eigenvalue weighted by atomic mass is 9.88. The number of carboxylic acids is 2. The lowest BCUT2D eigenvalue weighted by Gasteiger charge is -2.49. The van der Waals surface area contributed by atoms with Gasteiger partial charge in [-0.2, -0.15) is 23.5 Å². The molecule has 0 aromatic heterocycles. The number of aliphatic hydroxyl groups excluding tert-OH is 6. The average molecular weight is 1340 g/mol. The van der Waals surface area contributed by atoms with Crippen LogP contribution in [0.25, 0.3) is 22.3 Å². The molecule has 2 saturated heterocycles. The van der Waals surface area contributed by atoms with Gasteiger partial charge < -0.3 is 101 Å². The van der Waals surface area contributed by atoms with Crippen LogP contribution in [0, 0.1) is 0 Å². The van der Waals surface area contributed by atoms with Crippen molar-refractivity contribution in [2.45, 2.75) is 112 Å². The summed E-state index contributed by atoms with van der Waals surface area (Å²) >= 11 is 2.81. The second-order valence-corrected chi connectivity index (χ2v) is 24.8. The van der Waals surface area contributed by atoms with Gasteiger partial charge in [-0.3, -0.25) is 28.8 Å². The van der Waals surface area contributed by atoms with Gasteiger partial charge in [0.15, 0.2) is 0 Å². The van der Waals surface area contributed by atoms with Gasteiger partial charge in [-0.25, -0.2) is 0 Å². The number of benzene rings is 5. The smallest absolute Gasteiger partial charge is 0.251 e. The number of hydrogen-bond acceptors (Lipinski definition) is 22. The van der Waals surface area contributed by atoms with Crippen LogP contribution in [0.1, 0.15) is 81.0 Å². The summed E-state index contributed by atoms with van der Waals surface area (Å²) in [6.45, 7) is 1.25. The number of hydrogen-bond donors (Lipinski definition) is 12. The predicted molar refractivity (Wildman–Crippen MR) is 341 cm³/mol. The van der Waals surface area contributed by atoms with Crippen molar-refractivity contribution in [2.24, 2.45) is 0 Å². The molecule has 2 aliphatic rings. The fourth-order valence-electron chi connectivity index (χ4n) is 10.5. The summed E-state index contributed by atoms with van der Waals surface area (Å²) in [6.07, 6.45) is -15.1. The normalized spacial score (nSPS) is 22.3. The minimum Gasteiger partial charge on any atom is -0.544 e. The molecule has 0 unspecified atom stereocenters. The highest BCUT2D eigenvalue weighted by molar-refractivity contribution is 7.99. The summed E-state index contributed by atoms with van der Waals surface area (Å²) in [6, 6.07) is 35.4. The fourth-order valence-corrected chi connectivity index (χ4v) is 12.0. The Morgan fingerprint density at radius 3 is 1.11 bits per heavy atom. The van der Waals surface area contributed by atoms with Crippen LogP contribution in [-0.4, -0.2) is 213 Å². The SMILES string of the molecule is CC(=O)N[C@H]1[C@H]([C@H](O)[C@H](O)CNC(=O)c2ccc(-c3ccccc3)cc2)O[C@@](OCCCSCCNC(=O)c2ccc(C(=O)NCCSCCCO[C@]3(C(=O)[O-])C[C@H](O)[C@@H](NC(C)=O)[C@H]([C@H](O)[C@H](O)CNC(=O)c4ccc(-c5ccccc5)cc4)O3)cc2)(C(=O)[O-])C[C@@H]1O. The third kappa shape index (κ3) is 20.6. The van der Waals surface area contributed by atoms with Crippen molar-refractivity contribution in [3.05, 3.63) is 156 Å². The zero-order chi connectivity index (χ0) is 68.0. The van der Waals surface area contributed by atoms with E-state index in [0.717, 1.165) is 36.1 Å². The van der Waals surface area contributed by atoms with E-state index in [1.807, 2.05) is 60.7 Å². The van der Waals surface area contributed by atoms with Crippen LogP contribution < -0.4 is 42.1 Å². The van der Waals surface area contributed by atoms with Crippen molar-refractivity contribution in [2.75, 3.05) is 62.4 Å². The number of aliphatic hydroxyl groups is 6. The topological polar surface area (TPSA) is 413 Å². The standard InChI is InChI=1S/C66H80N6O20S2/c1-39(73)71-53-49(75)35-65(63(85)86,91-57(53)55(79)51(77)37-69-61(83)47-19-15-43(16-20-47)41-11-5-3-6-12-41)89-29-9-31-93-33-27-67-59(81)45-23-25-46(26-24-45)60(82)68-28-34-94-32-10-30-90-66(64(87)88)36-50(76)54(72-40(2)74)58(92-66)56(80)52(78)38-70-62(84)48-21-17-44(18-22-48)42-13-7-4-8-14-42/h3-8,11-26,49-58,75-80H,9-10,27-38H2,1-2H3,(H,67,81)(H,68,82)(H,69,83)(H,70,84)(H,71,73)(H,72,74)(H,85,86)(H,87,88)/p-2/t49-,50-,51+,52+,53+,54+,55+,56+,57+,58+,65+,66+/m0/s1. The number of carboxylic acid groups (broad SMARTS) is 2. The van der Waals surface area contributed by atoms with E-state index >= 15 is 0 Å². The van der Waals surface area contributed by atoms with Crippen LogP contribution in [0.3, 0.4) is 0 Å². The Balaban J connectivity index is 0.773. The first-order chi connectivity index (χ1) is 45.0. The number of rotatable bonds is 34. The van der Waals surface area contributed by atoms with E-state index < -0.39 is 146 Å². The molecule has 7 rings (SSSR count). The summed E-state index contributed by atoms with van der Waals surface area (Å²) < 4.78 is 22.9. The van der Waals surface area contributed by atoms with E-state index in [9.17, 15) is 79.2 Å². The van der Waals surface area contributed by atoms with Crippen molar-refractivity contribution in [3.8, 4) is 22.3 Å². The molecule has 6 amide bonds. The van der Waals surface area contributed by atoms with Crippen molar-refractivity contribution in [3.63, 3.8) is 0 Å². The largest absolute Gasteiger partial charge is 0.544 e. The fraction of sp³-hybridized carbons (Fsp3) is 0.424. The van der Waals surface area contributed by atoms with E-state index in [0.29, 0.717) is 23.0 Å². The third-order valence-corrected chi connectivity index (χ3v) is 17.6. The first-order valence-corrected chi connectivity index (χ1v) is 32.7. The van der Waals surface area contributed by atoms with Gasteiger partial charge in [0.25, 0.3) is 23.6 Å². The number of carbonyl (C=O) groups is 8. The Morgan fingerprint density at radius 1 is 0.479 bits per heavy atom. The van der Waals surface area contributed by atoms with E-state index in [-0.39, 0.29) is 61.4 Å². The number of nitrogens with one attached hydrogen (secondary N) is 6. The van der Waals surface area contributed by atoms with Crippen LogP contribution in [0.4, 0.5) is 0 Å². The van der Waals surface area contributed by atoms with Gasteiger partial charge in [0.2, 0.25) is 23.4 Å². The van der Waals surface area contributed by atoms with Crippen LogP contribution in [0.5, 0.6) is 0 Å². The number of amides is 6. The van der Waals surface area contributed by atoms with Gasteiger partial charge in [0.05, 0.1) is 49.7 Å². The number of carbonyl (C=O) groups excluding carboxylic acids is 8. The van der Waals surface area contributed by atoms with Gasteiger partial charge in [-0.15, -0.1) is 0 Å². The highest BCUT2D eigenvalue weighted by Crippen LogP contribution is 2.35. The molecule has 94 heavy (non-hydrogen) atoms. The van der Waals surface area contributed by atoms with Gasteiger partial charge >= 0.3 is 0 Å². The highest BCUT2D eigenvalue weighted by Gasteiger charge is 2.54. The van der Waals surface area contributed by atoms with Gasteiger partial charge in [-0.1, -0.05) is 84.9 Å². The van der Waals surface area contributed by atoms with E-state index in [1.165, 1.54) is 47.8 Å². The van der Waals surface area contributed by atoms with Crippen molar-refractivity contribution < 1.29 is 98.2 Å². The predicted octanol–water partition coefficient (Wildman–Crippen LogP) is -0.735. The van der Waals surface area contributed by atoms with Crippen LogP contribution in [0.15, 0.2) is 133 Å². The van der Waals surface area contributed by atoms with Crippen LogP contribution >= 0.6 is 23.5 Å². The van der Waals surface area contributed by atoms with Crippen LogP contribution in [0.2, 0.25) is 0 Å². The third-order valence-electron chi connectivity index (χ3n) is 15.4. The number of thioether (sulfide) groups is 2. The minimum absolute atomic E-state index is 0.226. The molecule has 2 aliphatic heterocycles. The molecule has 26 nitrogen and oxygen atoms in total.